The Labute approximate surface area is 90.2 Å². The van der Waals surface area contributed by atoms with Gasteiger partial charge in [0.25, 0.3) is 0 Å². The number of para-hydroxylation sites is 1. The Hall–Kier alpha value is -1.10. The molecule has 1 aromatic carbocycles. The Bertz CT molecular complexity index is 291. The molecule has 1 unspecified atom stereocenters. The molecule has 1 aliphatic heterocycles. The second-order valence-corrected chi connectivity index (χ2v) is 3.55. The Morgan fingerprint density at radius 3 is 2.93 bits per heavy atom. The summed E-state index contributed by atoms with van der Waals surface area (Å²) in [6, 6.07) is 10.2. The summed E-state index contributed by atoms with van der Waals surface area (Å²) in [7, 11) is 1.71. The molecule has 0 spiro atoms. The molecule has 1 fully saturated rings. The van der Waals surface area contributed by atoms with Crippen LogP contribution in [0, 0.1) is 0 Å². The van der Waals surface area contributed by atoms with Crippen LogP contribution in [0.15, 0.2) is 30.3 Å². The third kappa shape index (κ3) is 2.68. The van der Waals surface area contributed by atoms with Crippen molar-refractivity contribution in [3.8, 4) is 0 Å². The topological polar surface area (TPSA) is 36.5 Å². The van der Waals surface area contributed by atoms with Crippen LogP contribution in [0.2, 0.25) is 0 Å². The standard InChI is InChI=1S/C11H17N3O/c1-15-14-8-7-12-9-11(14)13-10-5-3-2-4-6-10/h2-6,11-13H,7-9H2,1H3. The molecule has 2 rings (SSSR count). The van der Waals surface area contributed by atoms with Crippen molar-refractivity contribution in [2.75, 3.05) is 32.1 Å². The van der Waals surface area contributed by atoms with Crippen LogP contribution in [0.25, 0.3) is 0 Å². The van der Waals surface area contributed by atoms with E-state index >= 15 is 0 Å². The molecule has 1 heterocycles. The van der Waals surface area contributed by atoms with Gasteiger partial charge in [-0.25, -0.2) is 0 Å². The van der Waals surface area contributed by atoms with E-state index < -0.39 is 0 Å². The molecule has 1 atom stereocenters. The average Bonchev–Trinajstić information content (AvgIpc) is 2.31. The van der Waals surface area contributed by atoms with Crippen molar-refractivity contribution in [2.24, 2.45) is 0 Å². The smallest absolute Gasteiger partial charge is 0.116 e. The Morgan fingerprint density at radius 1 is 1.40 bits per heavy atom. The minimum absolute atomic E-state index is 0.200. The molecule has 1 aromatic rings. The molecule has 2 N–H and O–H groups in total. The molecule has 15 heavy (non-hydrogen) atoms. The second kappa shape index (κ2) is 5.11. The van der Waals surface area contributed by atoms with Crippen molar-refractivity contribution >= 4 is 5.69 Å². The lowest BCUT2D eigenvalue weighted by atomic mass is 10.3. The minimum atomic E-state index is 0.200. The van der Waals surface area contributed by atoms with Crippen LogP contribution in [0.3, 0.4) is 0 Å². The van der Waals surface area contributed by atoms with Crippen LogP contribution < -0.4 is 10.6 Å². The van der Waals surface area contributed by atoms with Crippen LogP contribution in [0.1, 0.15) is 0 Å². The molecule has 4 nitrogen and oxygen atoms in total. The highest BCUT2D eigenvalue weighted by atomic mass is 16.7. The lowest BCUT2D eigenvalue weighted by Gasteiger charge is -2.34. The SMILES string of the molecule is CON1CCNCC1Nc1ccccc1. The minimum Gasteiger partial charge on any atom is -0.367 e. The predicted octanol–water partition coefficient (Wildman–Crippen LogP) is 0.891. The Balaban J connectivity index is 1.97. The molecular formula is C11H17N3O. The average molecular weight is 207 g/mol. The highest BCUT2D eigenvalue weighted by molar-refractivity contribution is 5.43. The van der Waals surface area contributed by atoms with Crippen molar-refractivity contribution in [3.05, 3.63) is 30.3 Å². The van der Waals surface area contributed by atoms with Crippen LogP contribution in [0.4, 0.5) is 5.69 Å². The van der Waals surface area contributed by atoms with Gasteiger partial charge >= 0.3 is 0 Å². The molecule has 0 aliphatic carbocycles. The molecule has 1 saturated heterocycles. The van der Waals surface area contributed by atoms with Gasteiger partial charge in [-0.2, -0.15) is 5.06 Å². The summed E-state index contributed by atoms with van der Waals surface area (Å²) < 4.78 is 0. The number of anilines is 1. The van der Waals surface area contributed by atoms with E-state index in [2.05, 4.69) is 22.8 Å². The quantitative estimate of drug-likeness (QED) is 0.772. The zero-order valence-electron chi connectivity index (χ0n) is 8.94. The molecule has 0 saturated carbocycles. The van der Waals surface area contributed by atoms with Gasteiger partial charge in [0, 0.05) is 25.3 Å². The summed E-state index contributed by atoms with van der Waals surface area (Å²) in [6.07, 6.45) is 0.200. The van der Waals surface area contributed by atoms with E-state index in [-0.39, 0.29) is 6.17 Å². The normalized spacial score (nSPS) is 22.6. The Kier molecular flexibility index (Phi) is 3.55. The van der Waals surface area contributed by atoms with Crippen molar-refractivity contribution < 1.29 is 4.84 Å². The fourth-order valence-corrected chi connectivity index (χ4v) is 1.75. The fraction of sp³-hybridized carbons (Fsp3) is 0.455. The van der Waals surface area contributed by atoms with Gasteiger partial charge in [-0.3, -0.25) is 0 Å². The van der Waals surface area contributed by atoms with Gasteiger partial charge in [-0.1, -0.05) is 18.2 Å². The van der Waals surface area contributed by atoms with Crippen LogP contribution in [-0.2, 0) is 4.84 Å². The van der Waals surface area contributed by atoms with Crippen LogP contribution in [-0.4, -0.2) is 38.0 Å². The summed E-state index contributed by atoms with van der Waals surface area (Å²) in [5.74, 6) is 0. The summed E-state index contributed by atoms with van der Waals surface area (Å²) in [6.45, 7) is 2.77. The largest absolute Gasteiger partial charge is 0.367 e. The maximum Gasteiger partial charge on any atom is 0.116 e. The molecule has 1 aliphatic rings. The zero-order valence-corrected chi connectivity index (χ0v) is 8.94. The van der Waals surface area contributed by atoms with E-state index in [1.807, 2.05) is 23.3 Å². The van der Waals surface area contributed by atoms with Gasteiger partial charge in [-0.15, -0.1) is 0 Å². The molecule has 0 aromatic heterocycles. The second-order valence-electron chi connectivity index (χ2n) is 3.55. The number of hydroxylamine groups is 2. The molecular weight excluding hydrogens is 190 g/mol. The third-order valence-corrected chi connectivity index (χ3v) is 2.54. The maximum atomic E-state index is 5.31. The van der Waals surface area contributed by atoms with Gasteiger partial charge in [0.2, 0.25) is 0 Å². The first kappa shape index (κ1) is 10.4. The Morgan fingerprint density at radius 2 is 2.20 bits per heavy atom. The van der Waals surface area contributed by atoms with Crippen molar-refractivity contribution in [1.29, 1.82) is 0 Å². The lowest BCUT2D eigenvalue weighted by molar-refractivity contribution is -0.162. The van der Waals surface area contributed by atoms with Crippen LogP contribution >= 0.6 is 0 Å². The zero-order chi connectivity index (χ0) is 10.5. The fourth-order valence-electron chi connectivity index (χ4n) is 1.75. The van der Waals surface area contributed by atoms with E-state index in [0.29, 0.717) is 0 Å². The van der Waals surface area contributed by atoms with E-state index in [9.17, 15) is 0 Å². The number of hydrogen-bond acceptors (Lipinski definition) is 4. The first-order valence-electron chi connectivity index (χ1n) is 5.23. The number of nitrogens with one attached hydrogen (secondary N) is 2. The van der Waals surface area contributed by atoms with Gasteiger partial charge < -0.3 is 15.5 Å². The first-order valence-corrected chi connectivity index (χ1v) is 5.23. The van der Waals surface area contributed by atoms with Gasteiger partial charge in [0.1, 0.15) is 6.17 Å². The molecule has 0 amide bonds. The summed E-state index contributed by atoms with van der Waals surface area (Å²) in [5.41, 5.74) is 1.12. The van der Waals surface area contributed by atoms with Gasteiger partial charge in [0.15, 0.2) is 0 Å². The number of rotatable bonds is 3. The van der Waals surface area contributed by atoms with Crippen molar-refractivity contribution in [2.45, 2.75) is 6.17 Å². The molecule has 4 heteroatoms. The van der Waals surface area contributed by atoms with E-state index in [1.165, 1.54) is 0 Å². The van der Waals surface area contributed by atoms with E-state index in [1.54, 1.807) is 7.11 Å². The number of piperazine rings is 1. The predicted molar refractivity (Wildman–Crippen MR) is 60.4 cm³/mol. The summed E-state index contributed by atoms with van der Waals surface area (Å²) >= 11 is 0. The molecule has 82 valence electrons. The summed E-state index contributed by atoms with van der Waals surface area (Å²) in [4.78, 5) is 5.31. The van der Waals surface area contributed by atoms with E-state index in [0.717, 1.165) is 25.3 Å². The number of nitrogens with zero attached hydrogens (tertiary/aromatic N) is 1. The maximum absolute atomic E-state index is 5.31. The highest BCUT2D eigenvalue weighted by Gasteiger charge is 2.21. The highest BCUT2D eigenvalue weighted by Crippen LogP contribution is 2.10. The van der Waals surface area contributed by atoms with Gasteiger partial charge in [-0.05, 0) is 12.1 Å². The third-order valence-electron chi connectivity index (χ3n) is 2.54. The number of benzene rings is 1. The van der Waals surface area contributed by atoms with Gasteiger partial charge in [0.05, 0.1) is 7.11 Å². The summed E-state index contributed by atoms with van der Waals surface area (Å²) in [5, 5.41) is 8.72. The monoisotopic (exact) mass is 207 g/mol. The van der Waals surface area contributed by atoms with E-state index in [4.69, 9.17) is 4.84 Å². The number of hydrogen-bond donors (Lipinski definition) is 2. The lowest BCUT2D eigenvalue weighted by Crippen LogP contribution is -2.54. The van der Waals surface area contributed by atoms with Crippen LogP contribution in [0.5, 0.6) is 0 Å². The molecule has 0 bridgehead atoms. The molecule has 0 radical (unpaired) electrons. The van der Waals surface area contributed by atoms with Crippen molar-refractivity contribution in [1.82, 2.24) is 10.4 Å². The van der Waals surface area contributed by atoms with Crippen molar-refractivity contribution in [3.63, 3.8) is 0 Å². The first-order chi connectivity index (χ1) is 7.40.